The molecule has 1 aliphatic heterocycles. The van der Waals surface area contributed by atoms with Crippen LogP contribution in [0.3, 0.4) is 0 Å². The fourth-order valence-electron chi connectivity index (χ4n) is 3.54. The smallest absolute Gasteiger partial charge is 0.276 e. The molecule has 0 fully saturated rings. The van der Waals surface area contributed by atoms with Crippen molar-refractivity contribution in [1.29, 1.82) is 0 Å². The summed E-state index contributed by atoms with van der Waals surface area (Å²) in [7, 11) is -4.05. The third-order valence-electron chi connectivity index (χ3n) is 5.18. The van der Waals surface area contributed by atoms with Crippen molar-refractivity contribution in [3.8, 4) is 5.75 Å². The van der Waals surface area contributed by atoms with Crippen LogP contribution in [0, 0.1) is 0 Å². The van der Waals surface area contributed by atoms with E-state index in [9.17, 15) is 18.0 Å². The molecule has 9 nitrogen and oxygen atoms in total. The molecule has 0 aromatic heterocycles. The normalized spacial score (nSPS) is 13.7. The highest BCUT2D eigenvalue weighted by Gasteiger charge is 2.26. The molecule has 0 aliphatic carbocycles. The fraction of sp³-hybridized carbons (Fsp3) is 0.160. The Morgan fingerprint density at radius 2 is 1.83 bits per heavy atom. The summed E-state index contributed by atoms with van der Waals surface area (Å²) in [6, 6.07) is 17.6. The number of ether oxygens (including phenoxy) is 1. The van der Waals surface area contributed by atoms with Crippen LogP contribution in [0.1, 0.15) is 24.5 Å². The SMILES string of the molecule is CCCOc1ccc(S(=O)(=O)Nc2ccc(Cl)cc2)c(CC(=O)NN=C2C(=O)Nc3ccccc32)c1. The lowest BCUT2D eigenvalue weighted by molar-refractivity contribution is -0.120. The van der Waals surface area contributed by atoms with Crippen LogP contribution in [0.2, 0.25) is 5.02 Å². The Hall–Kier alpha value is -3.89. The van der Waals surface area contributed by atoms with Crippen LogP contribution in [0.5, 0.6) is 5.75 Å². The molecule has 0 spiro atoms. The van der Waals surface area contributed by atoms with E-state index in [-0.39, 0.29) is 22.6 Å². The zero-order chi connectivity index (χ0) is 25.7. The monoisotopic (exact) mass is 526 g/mol. The maximum Gasteiger partial charge on any atom is 0.276 e. The molecular formula is C25H23ClN4O5S. The van der Waals surface area contributed by atoms with Crippen LogP contribution in [-0.4, -0.2) is 32.6 Å². The first kappa shape index (κ1) is 25.2. The lowest BCUT2D eigenvalue weighted by atomic mass is 10.1. The summed E-state index contributed by atoms with van der Waals surface area (Å²) in [6.07, 6.45) is 0.440. The number of nitrogens with zero attached hydrogens (tertiary/aromatic N) is 1. The van der Waals surface area contributed by atoms with Gasteiger partial charge < -0.3 is 10.1 Å². The number of carbonyl (C=O) groups excluding carboxylic acids is 2. The van der Waals surface area contributed by atoms with Crippen molar-refractivity contribution in [2.24, 2.45) is 5.10 Å². The average Bonchev–Trinajstić information content (AvgIpc) is 3.17. The van der Waals surface area contributed by atoms with Gasteiger partial charge in [0.25, 0.3) is 15.9 Å². The number of carbonyl (C=O) groups is 2. The minimum atomic E-state index is -4.05. The van der Waals surface area contributed by atoms with Gasteiger partial charge in [0.2, 0.25) is 5.91 Å². The van der Waals surface area contributed by atoms with Crippen molar-refractivity contribution >= 4 is 50.5 Å². The first-order valence-corrected chi connectivity index (χ1v) is 12.9. The van der Waals surface area contributed by atoms with E-state index in [4.69, 9.17) is 16.3 Å². The Morgan fingerprint density at radius 1 is 1.08 bits per heavy atom. The summed E-state index contributed by atoms with van der Waals surface area (Å²) in [4.78, 5) is 24.9. The number of hydrazone groups is 1. The summed E-state index contributed by atoms with van der Waals surface area (Å²) < 4.78 is 34.4. The second-order valence-electron chi connectivity index (χ2n) is 7.90. The van der Waals surface area contributed by atoms with Gasteiger partial charge in [0.05, 0.1) is 23.6 Å². The number of amides is 2. The molecular weight excluding hydrogens is 504 g/mol. The summed E-state index contributed by atoms with van der Waals surface area (Å²) in [5, 5.41) is 7.11. The Morgan fingerprint density at radius 3 is 2.58 bits per heavy atom. The molecule has 3 aromatic carbocycles. The van der Waals surface area contributed by atoms with Gasteiger partial charge in [0.15, 0.2) is 5.71 Å². The highest BCUT2D eigenvalue weighted by Crippen LogP contribution is 2.26. The van der Waals surface area contributed by atoms with Gasteiger partial charge in [-0.05, 0) is 60.5 Å². The number of nitrogens with one attached hydrogen (secondary N) is 3. The van der Waals surface area contributed by atoms with Crippen LogP contribution < -0.4 is 20.2 Å². The Balaban J connectivity index is 1.58. The number of fused-ring (bicyclic) bond motifs is 1. The zero-order valence-electron chi connectivity index (χ0n) is 19.2. The van der Waals surface area contributed by atoms with E-state index >= 15 is 0 Å². The molecule has 3 aromatic rings. The largest absolute Gasteiger partial charge is 0.494 e. The molecule has 0 saturated carbocycles. The maximum absolute atomic E-state index is 13.2. The molecule has 3 N–H and O–H groups in total. The summed E-state index contributed by atoms with van der Waals surface area (Å²) in [5.74, 6) is -0.613. The van der Waals surface area contributed by atoms with Gasteiger partial charge in [0.1, 0.15) is 5.75 Å². The number of hydrogen-bond donors (Lipinski definition) is 3. The van der Waals surface area contributed by atoms with Crippen LogP contribution >= 0.6 is 11.6 Å². The van der Waals surface area contributed by atoms with Crippen LogP contribution in [0.25, 0.3) is 0 Å². The maximum atomic E-state index is 13.2. The van der Waals surface area contributed by atoms with Gasteiger partial charge in [-0.1, -0.05) is 36.7 Å². The number of halogens is 1. The molecule has 0 bridgehead atoms. The quantitative estimate of drug-likeness (QED) is 0.364. The average molecular weight is 527 g/mol. The second kappa shape index (κ2) is 10.8. The molecule has 0 saturated heterocycles. The number of para-hydroxylation sites is 1. The Bertz CT molecular complexity index is 1440. The van der Waals surface area contributed by atoms with Crippen molar-refractivity contribution in [1.82, 2.24) is 5.43 Å². The van der Waals surface area contributed by atoms with Crippen molar-refractivity contribution in [3.63, 3.8) is 0 Å². The highest BCUT2D eigenvalue weighted by molar-refractivity contribution is 7.92. The molecule has 4 rings (SSSR count). The molecule has 0 unspecified atom stereocenters. The van der Waals surface area contributed by atoms with Gasteiger partial charge in [0, 0.05) is 16.3 Å². The van der Waals surface area contributed by atoms with Gasteiger partial charge in [-0.25, -0.2) is 13.8 Å². The van der Waals surface area contributed by atoms with Crippen molar-refractivity contribution in [2.75, 3.05) is 16.6 Å². The number of sulfonamides is 1. The fourth-order valence-corrected chi connectivity index (χ4v) is 4.94. The van der Waals surface area contributed by atoms with Crippen molar-refractivity contribution in [2.45, 2.75) is 24.7 Å². The highest BCUT2D eigenvalue weighted by atomic mass is 35.5. The number of benzene rings is 3. The van der Waals surface area contributed by atoms with E-state index in [1.165, 1.54) is 30.3 Å². The van der Waals surface area contributed by atoms with Crippen LogP contribution in [0.4, 0.5) is 11.4 Å². The molecule has 2 amide bonds. The number of anilines is 2. The first-order chi connectivity index (χ1) is 17.3. The predicted octanol–water partition coefficient (Wildman–Crippen LogP) is 3.94. The standard InChI is InChI=1S/C25H23ClN4O5S/c1-2-13-35-19-11-12-22(36(33,34)30-18-9-7-17(26)8-10-18)16(14-19)15-23(31)28-29-24-20-5-3-4-6-21(20)27-25(24)32/h3-12,14,30H,2,13,15H2,1H3,(H,28,31)(H,27,29,32). The van der Waals surface area contributed by atoms with Gasteiger partial charge in [-0.15, -0.1) is 0 Å². The minimum absolute atomic E-state index is 0.0660. The van der Waals surface area contributed by atoms with Crippen molar-refractivity contribution in [3.05, 3.63) is 82.9 Å². The third kappa shape index (κ3) is 5.84. The minimum Gasteiger partial charge on any atom is -0.494 e. The lowest BCUT2D eigenvalue weighted by Gasteiger charge is -2.14. The summed E-state index contributed by atoms with van der Waals surface area (Å²) in [6.45, 7) is 2.38. The second-order valence-corrected chi connectivity index (χ2v) is 9.99. The summed E-state index contributed by atoms with van der Waals surface area (Å²) >= 11 is 5.88. The topological polar surface area (TPSA) is 126 Å². The van der Waals surface area contributed by atoms with E-state index in [2.05, 4.69) is 20.6 Å². The molecule has 1 heterocycles. The van der Waals surface area contributed by atoms with E-state index in [0.29, 0.717) is 34.3 Å². The van der Waals surface area contributed by atoms with Crippen LogP contribution in [-0.2, 0) is 26.0 Å². The van der Waals surface area contributed by atoms with Gasteiger partial charge >= 0.3 is 0 Å². The van der Waals surface area contributed by atoms with E-state index in [0.717, 1.165) is 6.42 Å². The number of rotatable bonds is 9. The molecule has 1 aliphatic rings. The lowest BCUT2D eigenvalue weighted by Crippen LogP contribution is -2.25. The van der Waals surface area contributed by atoms with E-state index < -0.39 is 21.8 Å². The third-order valence-corrected chi connectivity index (χ3v) is 6.91. The van der Waals surface area contributed by atoms with Gasteiger partial charge in [-0.2, -0.15) is 5.10 Å². The first-order valence-electron chi connectivity index (χ1n) is 11.1. The Kier molecular flexibility index (Phi) is 7.56. The predicted molar refractivity (Wildman–Crippen MR) is 138 cm³/mol. The number of hydrogen-bond acceptors (Lipinski definition) is 6. The summed E-state index contributed by atoms with van der Waals surface area (Å²) in [5.41, 5.74) is 4.11. The van der Waals surface area contributed by atoms with E-state index in [1.54, 1.807) is 36.4 Å². The van der Waals surface area contributed by atoms with Crippen LogP contribution in [0.15, 0.2) is 76.7 Å². The van der Waals surface area contributed by atoms with E-state index in [1.807, 2.05) is 6.92 Å². The zero-order valence-corrected chi connectivity index (χ0v) is 20.8. The molecule has 0 radical (unpaired) electrons. The molecule has 186 valence electrons. The molecule has 11 heteroatoms. The van der Waals surface area contributed by atoms with Gasteiger partial charge in [-0.3, -0.25) is 14.3 Å². The molecule has 0 atom stereocenters. The van der Waals surface area contributed by atoms with Crippen molar-refractivity contribution < 1.29 is 22.7 Å². The Labute approximate surface area is 213 Å². The molecule has 36 heavy (non-hydrogen) atoms.